The molecule has 25 heavy (non-hydrogen) atoms. The van der Waals surface area contributed by atoms with Crippen LogP contribution in [0, 0.1) is 11.3 Å². The fourth-order valence-electron chi connectivity index (χ4n) is 5.16. The monoisotopic (exact) mass is 344 g/mol. The topological polar surface area (TPSA) is 58.1 Å². The predicted molar refractivity (Wildman–Crippen MR) is 91.9 cm³/mol. The van der Waals surface area contributed by atoms with Crippen molar-refractivity contribution in [3.63, 3.8) is 0 Å². The Morgan fingerprint density at radius 1 is 1.32 bits per heavy atom. The van der Waals surface area contributed by atoms with E-state index >= 15 is 0 Å². The molecule has 4 aliphatic carbocycles. The highest BCUT2D eigenvalue weighted by molar-refractivity contribution is 5.84. The van der Waals surface area contributed by atoms with Crippen molar-refractivity contribution in [3.05, 3.63) is 18.1 Å². The fourth-order valence-corrected chi connectivity index (χ4v) is 5.16. The van der Waals surface area contributed by atoms with Gasteiger partial charge in [0.15, 0.2) is 0 Å². The SMILES string of the molecule is C[C@@H](Nc1cc([C@@H]2CC3(F)CC2C3)ncn1)C(=O)N1CCC2(CC2)C1. The van der Waals surface area contributed by atoms with Crippen LogP contribution in [0.4, 0.5) is 10.2 Å². The molecule has 5 fully saturated rings. The zero-order chi connectivity index (χ0) is 17.2. The lowest BCUT2D eigenvalue weighted by Gasteiger charge is -2.30. The summed E-state index contributed by atoms with van der Waals surface area (Å²) in [6, 6.07) is 1.60. The number of alkyl halides is 1. The summed E-state index contributed by atoms with van der Waals surface area (Å²) in [7, 11) is 0. The number of hydrogen-bond donors (Lipinski definition) is 1. The number of carbonyl (C=O) groups is 1. The number of nitrogens with zero attached hydrogens (tertiary/aromatic N) is 3. The van der Waals surface area contributed by atoms with Crippen LogP contribution in [0.25, 0.3) is 0 Å². The molecule has 2 heterocycles. The lowest BCUT2D eigenvalue weighted by Crippen LogP contribution is -2.40. The van der Waals surface area contributed by atoms with Gasteiger partial charge in [0.05, 0.1) is 0 Å². The van der Waals surface area contributed by atoms with Gasteiger partial charge in [0, 0.05) is 30.8 Å². The summed E-state index contributed by atoms with van der Waals surface area (Å²) in [5.74, 6) is 1.44. The summed E-state index contributed by atoms with van der Waals surface area (Å²) in [4.78, 5) is 23.3. The van der Waals surface area contributed by atoms with Crippen LogP contribution in [0.5, 0.6) is 0 Å². The van der Waals surface area contributed by atoms with E-state index in [0.29, 0.717) is 36.4 Å². The van der Waals surface area contributed by atoms with E-state index in [1.165, 1.54) is 19.2 Å². The average Bonchev–Trinajstić information content (AvgIpc) is 2.89. The molecular formula is C19H25FN4O. The molecule has 0 aromatic carbocycles. The van der Waals surface area contributed by atoms with Crippen LogP contribution in [0.3, 0.4) is 0 Å². The predicted octanol–water partition coefficient (Wildman–Crippen LogP) is 2.90. The minimum absolute atomic E-state index is 0.148. The van der Waals surface area contributed by atoms with Crippen LogP contribution in [-0.2, 0) is 4.79 Å². The minimum Gasteiger partial charge on any atom is -0.359 e. The third-order valence-electron chi connectivity index (χ3n) is 6.92. The zero-order valence-corrected chi connectivity index (χ0v) is 14.7. The second-order valence-corrected chi connectivity index (χ2v) is 8.83. The Bertz CT molecular complexity index is 713. The summed E-state index contributed by atoms with van der Waals surface area (Å²) in [5, 5.41) is 3.23. The van der Waals surface area contributed by atoms with Crippen LogP contribution in [0.1, 0.15) is 57.1 Å². The van der Waals surface area contributed by atoms with Gasteiger partial charge < -0.3 is 10.2 Å². The molecule has 1 spiro atoms. The number of amides is 1. The normalized spacial score (nSPS) is 35.5. The maximum absolute atomic E-state index is 14.2. The van der Waals surface area contributed by atoms with E-state index < -0.39 is 5.67 Å². The minimum atomic E-state index is -0.953. The molecule has 1 aliphatic heterocycles. The molecule has 2 bridgehead atoms. The largest absolute Gasteiger partial charge is 0.359 e. The van der Waals surface area contributed by atoms with Crippen LogP contribution in [-0.4, -0.2) is 45.6 Å². The van der Waals surface area contributed by atoms with E-state index in [4.69, 9.17) is 0 Å². The van der Waals surface area contributed by atoms with Gasteiger partial charge in [-0.2, -0.15) is 0 Å². The summed E-state index contributed by atoms with van der Waals surface area (Å²) in [6.45, 7) is 3.68. The lowest BCUT2D eigenvalue weighted by atomic mass is 9.80. The number of anilines is 1. The average molecular weight is 344 g/mol. The second kappa shape index (κ2) is 5.15. The Morgan fingerprint density at radius 2 is 2.12 bits per heavy atom. The van der Waals surface area contributed by atoms with Crippen LogP contribution < -0.4 is 5.32 Å². The molecule has 1 aromatic heterocycles. The van der Waals surface area contributed by atoms with Crippen LogP contribution in [0.15, 0.2) is 12.4 Å². The van der Waals surface area contributed by atoms with Gasteiger partial charge in [-0.1, -0.05) is 0 Å². The van der Waals surface area contributed by atoms with Crippen molar-refractivity contribution >= 4 is 11.7 Å². The maximum Gasteiger partial charge on any atom is 0.244 e. The Labute approximate surface area is 147 Å². The third kappa shape index (κ3) is 2.61. The molecule has 5 aliphatic rings. The first-order chi connectivity index (χ1) is 12.0. The fraction of sp³-hybridized carbons (Fsp3) is 0.737. The Morgan fingerprint density at radius 3 is 2.76 bits per heavy atom. The molecule has 0 unspecified atom stereocenters. The Hall–Kier alpha value is -1.72. The van der Waals surface area contributed by atoms with Crippen molar-refractivity contribution < 1.29 is 9.18 Å². The molecule has 2 atom stereocenters. The summed E-state index contributed by atoms with van der Waals surface area (Å²) < 4.78 is 14.2. The van der Waals surface area contributed by atoms with Crippen molar-refractivity contribution in [3.8, 4) is 0 Å². The van der Waals surface area contributed by atoms with E-state index in [0.717, 1.165) is 25.2 Å². The van der Waals surface area contributed by atoms with Gasteiger partial charge in [0.2, 0.25) is 5.91 Å². The van der Waals surface area contributed by atoms with Crippen LogP contribution in [0.2, 0.25) is 0 Å². The summed E-state index contributed by atoms with van der Waals surface area (Å²) in [6.07, 6.45) is 7.16. The van der Waals surface area contributed by atoms with E-state index in [9.17, 15) is 9.18 Å². The zero-order valence-electron chi connectivity index (χ0n) is 14.7. The molecule has 134 valence electrons. The molecule has 1 N–H and O–H groups in total. The number of carbonyl (C=O) groups excluding carboxylic acids is 1. The van der Waals surface area contributed by atoms with Crippen molar-refractivity contribution in [2.75, 3.05) is 18.4 Å². The highest BCUT2D eigenvalue weighted by Crippen LogP contribution is 2.61. The number of halogens is 1. The Kier molecular flexibility index (Phi) is 3.20. The van der Waals surface area contributed by atoms with E-state index in [-0.39, 0.29) is 17.9 Å². The van der Waals surface area contributed by atoms with E-state index in [2.05, 4.69) is 15.3 Å². The van der Waals surface area contributed by atoms with Gasteiger partial charge in [-0.05, 0) is 56.8 Å². The number of hydrogen-bond acceptors (Lipinski definition) is 4. The molecule has 0 radical (unpaired) electrons. The number of rotatable bonds is 4. The van der Waals surface area contributed by atoms with E-state index in [1.54, 1.807) is 0 Å². The highest BCUT2D eigenvalue weighted by Gasteiger charge is 2.57. The third-order valence-corrected chi connectivity index (χ3v) is 6.92. The lowest BCUT2D eigenvalue weighted by molar-refractivity contribution is -0.130. The van der Waals surface area contributed by atoms with Gasteiger partial charge >= 0.3 is 0 Å². The van der Waals surface area contributed by atoms with Gasteiger partial charge in [0.1, 0.15) is 23.9 Å². The smallest absolute Gasteiger partial charge is 0.244 e. The Balaban J connectivity index is 1.25. The first-order valence-corrected chi connectivity index (χ1v) is 9.52. The van der Waals surface area contributed by atoms with Crippen molar-refractivity contribution in [1.29, 1.82) is 0 Å². The summed E-state index contributed by atoms with van der Waals surface area (Å²) in [5.41, 5.74) is 0.409. The van der Waals surface area contributed by atoms with Gasteiger partial charge in [-0.25, -0.2) is 14.4 Å². The number of aromatic nitrogens is 2. The quantitative estimate of drug-likeness (QED) is 0.912. The van der Waals surface area contributed by atoms with Crippen molar-refractivity contribution in [2.24, 2.45) is 11.3 Å². The molecule has 1 amide bonds. The van der Waals surface area contributed by atoms with Crippen molar-refractivity contribution in [2.45, 2.75) is 63.1 Å². The highest BCUT2D eigenvalue weighted by atomic mass is 19.1. The number of fused-ring (bicyclic) bond motifs is 1. The first-order valence-electron chi connectivity index (χ1n) is 9.52. The summed E-state index contributed by atoms with van der Waals surface area (Å²) >= 11 is 0. The van der Waals surface area contributed by atoms with Gasteiger partial charge in [0.25, 0.3) is 0 Å². The number of likely N-dealkylation sites (tertiary alicyclic amines) is 1. The molecule has 4 saturated carbocycles. The van der Waals surface area contributed by atoms with Crippen molar-refractivity contribution in [1.82, 2.24) is 14.9 Å². The molecular weight excluding hydrogens is 319 g/mol. The molecule has 5 nitrogen and oxygen atoms in total. The second-order valence-electron chi connectivity index (χ2n) is 8.83. The van der Waals surface area contributed by atoms with E-state index in [1.807, 2.05) is 17.9 Å². The first kappa shape index (κ1) is 15.5. The number of nitrogens with one attached hydrogen (secondary N) is 1. The maximum atomic E-state index is 14.2. The van der Waals surface area contributed by atoms with Gasteiger partial charge in [-0.15, -0.1) is 0 Å². The molecule has 1 aromatic rings. The molecule has 1 saturated heterocycles. The molecule has 6 heteroatoms. The standard InChI is InChI=1S/C19H25FN4O/c1-12(17(25)24-5-4-18(10-24)2-3-18)23-16-6-15(21-11-22-16)14-9-19(20)7-13(14)8-19/h6,11-14H,2-5,7-10H2,1H3,(H,21,22,23)/t12-,13?,14-,19?/m1/s1. The van der Waals surface area contributed by atoms with Gasteiger partial charge in [-0.3, -0.25) is 4.79 Å². The van der Waals surface area contributed by atoms with Crippen LogP contribution >= 0.6 is 0 Å². The molecule has 6 rings (SSSR count).